The van der Waals surface area contributed by atoms with Crippen LogP contribution >= 0.6 is 0 Å². The van der Waals surface area contributed by atoms with E-state index in [0.29, 0.717) is 13.2 Å². The SMILES string of the molecule is C=CCN(CC(=O)OCC)C(=O)C(C)CCC. The highest BCUT2D eigenvalue weighted by molar-refractivity contribution is 5.83. The van der Waals surface area contributed by atoms with Crippen molar-refractivity contribution in [3.8, 4) is 0 Å². The third-order valence-corrected chi connectivity index (χ3v) is 2.43. The number of amides is 1. The maximum Gasteiger partial charge on any atom is 0.325 e. The van der Waals surface area contributed by atoms with Crippen LogP contribution in [-0.4, -0.2) is 36.5 Å². The summed E-state index contributed by atoms with van der Waals surface area (Å²) < 4.78 is 4.84. The molecule has 0 aliphatic rings. The van der Waals surface area contributed by atoms with Gasteiger partial charge in [0.2, 0.25) is 5.91 Å². The van der Waals surface area contributed by atoms with E-state index in [2.05, 4.69) is 6.58 Å². The van der Waals surface area contributed by atoms with Crippen LogP contribution in [0, 0.1) is 5.92 Å². The minimum absolute atomic E-state index is 0.00669. The first kappa shape index (κ1) is 15.7. The summed E-state index contributed by atoms with van der Waals surface area (Å²) >= 11 is 0. The van der Waals surface area contributed by atoms with Gasteiger partial charge in [0.05, 0.1) is 6.61 Å². The van der Waals surface area contributed by atoms with Gasteiger partial charge in [-0.15, -0.1) is 6.58 Å². The van der Waals surface area contributed by atoms with E-state index in [1.807, 2.05) is 13.8 Å². The number of ether oxygens (including phenoxy) is 1. The van der Waals surface area contributed by atoms with Crippen LogP contribution in [0.1, 0.15) is 33.6 Å². The predicted octanol–water partition coefficient (Wildman–Crippen LogP) is 2.00. The molecule has 0 saturated carbocycles. The van der Waals surface area contributed by atoms with Crippen molar-refractivity contribution in [2.75, 3.05) is 19.7 Å². The Bertz CT molecular complexity index is 263. The molecule has 0 rings (SSSR count). The van der Waals surface area contributed by atoms with Crippen LogP contribution in [0.15, 0.2) is 12.7 Å². The minimum atomic E-state index is -0.369. The lowest BCUT2D eigenvalue weighted by Crippen LogP contribution is -2.39. The zero-order chi connectivity index (χ0) is 13.3. The van der Waals surface area contributed by atoms with Crippen molar-refractivity contribution in [3.63, 3.8) is 0 Å². The van der Waals surface area contributed by atoms with Crippen LogP contribution in [0.2, 0.25) is 0 Å². The Balaban J connectivity index is 4.44. The van der Waals surface area contributed by atoms with Gasteiger partial charge in [-0.25, -0.2) is 0 Å². The highest BCUT2D eigenvalue weighted by atomic mass is 16.5. The largest absolute Gasteiger partial charge is 0.465 e. The summed E-state index contributed by atoms with van der Waals surface area (Å²) in [4.78, 5) is 24.9. The quantitative estimate of drug-likeness (QED) is 0.482. The fraction of sp³-hybridized carbons (Fsp3) is 0.692. The molecule has 1 amide bonds. The topological polar surface area (TPSA) is 46.6 Å². The third-order valence-electron chi connectivity index (χ3n) is 2.43. The highest BCUT2D eigenvalue weighted by Crippen LogP contribution is 2.09. The second-order valence-electron chi connectivity index (χ2n) is 4.00. The summed E-state index contributed by atoms with van der Waals surface area (Å²) in [7, 11) is 0. The minimum Gasteiger partial charge on any atom is -0.465 e. The summed E-state index contributed by atoms with van der Waals surface area (Å²) in [5, 5.41) is 0. The molecule has 0 heterocycles. The molecule has 0 spiro atoms. The summed E-state index contributed by atoms with van der Waals surface area (Å²) in [5.41, 5.74) is 0. The normalized spacial score (nSPS) is 11.7. The molecular weight excluding hydrogens is 218 g/mol. The maximum absolute atomic E-state index is 12.0. The first-order valence-corrected chi connectivity index (χ1v) is 6.12. The van der Waals surface area contributed by atoms with Gasteiger partial charge >= 0.3 is 5.97 Å². The molecule has 1 unspecified atom stereocenters. The summed E-state index contributed by atoms with van der Waals surface area (Å²) in [5.74, 6) is -0.444. The molecule has 4 heteroatoms. The number of rotatable bonds is 8. The number of carbonyl (C=O) groups excluding carboxylic acids is 2. The van der Waals surface area contributed by atoms with E-state index in [9.17, 15) is 9.59 Å². The predicted molar refractivity (Wildman–Crippen MR) is 67.5 cm³/mol. The van der Waals surface area contributed by atoms with Crippen LogP contribution in [0.25, 0.3) is 0 Å². The van der Waals surface area contributed by atoms with Gasteiger partial charge in [-0.2, -0.15) is 0 Å². The van der Waals surface area contributed by atoms with Gasteiger partial charge in [0.1, 0.15) is 6.54 Å². The molecule has 0 aromatic rings. The standard InChI is InChI=1S/C13H23NO3/c1-5-8-11(4)13(16)14(9-6-2)10-12(15)17-7-3/h6,11H,2,5,7-10H2,1,3-4H3. The number of nitrogens with zero attached hydrogens (tertiary/aromatic N) is 1. The first-order valence-electron chi connectivity index (χ1n) is 6.12. The van der Waals surface area contributed by atoms with Crippen LogP contribution in [0.3, 0.4) is 0 Å². The fourth-order valence-electron chi connectivity index (χ4n) is 1.62. The van der Waals surface area contributed by atoms with E-state index in [0.717, 1.165) is 12.8 Å². The lowest BCUT2D eigenvalue weighted by molar-refractivity contribution is -0.149. The zero-order valence-corrected chi connectivity index (χ0v) is 11.1. The van der Waals surface area contributed by atoms with Gasteiger partial charge in [-0.05, 0) is 13.3 Å². The fourth-order valence-corrected chi connectivity index (χ4v) is 1.62. The Morgan fingerprint density at radius 3 is 2.53 bits per heavy atom. The van der Waals surface area contributed by atoms with Crippen LogP contribution < -0.4 is 0 Å². The Morgan fingerprint density at radius 2 is 2.06 bits per heavy atom. The average Bonchev–Trinajstić information content (AvgIpc) is 2.28. The summed E-state index contributed by atoms with van der Waals surface area (Å²) in [6.07, 6.45) is 3.40. The molecule has 0 bridgehead atoms. The van der Waals surface area contributed by atoms with Crippen molar-refractivity contribution in [2.45, 2.75) is 33.6 Å². The Kier molecular flexibility index (Phi) is 8.11. The molecule has 1 atom stereocenters. The maximum atomic E-state index is 12.0. The Labute approximate surface area is 104 Å². The van der Waals surface area contributed by atoms with Gasteiger partial charge < -0.3 is 9.64 Å². The first-order chi connectivity index (χ1) is 8.06. The van der Waals surface area contributed by atoms with Gasteiger partial charge in [-0.1, -0.05) is 26.3 Å². The van der Waals surface area contributed by atoms with Crippen molar-refractivity contribution in [2.24, 2.45) is 5.92 Å². The van der Waals surface area contributed by atoms with Crippen molar-refractivity contribution < 1.29 is 14.3 Å². The van der Waals surface area contributed by atoms with E-state index < -0.39 is 0 Å². The van der Waals surface area contributed by atoms with Crippen LogP contribution in [-0.2, 0) is 14.3 Å². The van der Waals surface area contributed by atoms with Gasteiger partial charge in [0, 0.05) is 12.5 Å². The molecule has 0 fully saturated rings. The van der Waals surface area contributed by atoms with Crippen molar-refractivity contribution in [1.29, 1.82) is 0 Å². The van der Waals surface area contributed by atoms with Crippen LogP contribution in [0.4, 0.5) is 0 Å². The zero-order valence-electron chi connectivity index (χ0n) is 11.1. The molecule has 0 aromatic carbocycles. The van der Waals surface area contributed by atoms with Gasteiger partial charge in [0.25, 0.3) is 0 Å². The second-order valence-corrected chi connectivity index (χ2v) is 4.00. The Hall–Kier alpha value is -1.32. The summed E-state index contributed by atoms with van der Waals surface area (Å²) in [6.45, 7) is 9.98. The van der Waals surface area contributed by atoms with Crippen molar-refractivity contribution in [3.05, 3.63) is 12.7 Å². The van der Waals surface area contributed by atoms with E-state index >= 15 is 0 Å². The molecule has 98 valence electrons. The lowest BCUT2D eigenvalue weighted by atomic mass is 10.0. The smallest absolute Gasteiger partial charge is 0.325 e. The number of hydrogen-bond donors (Lipinski definition) is 0. The van der Waals surface area contributed by atoms with E-state index in [-0.39, 0.29) is 24.3 Å². The average molecular weight is 241 g/mol. The van der Waals surface area contributed by atoms with Crippen molar-refractivity contribution >= 4 is 11.9 Å². The second kappa shape index (κ2) is 8.79. The van der Waals surface area contributed by atoms with E-state index in [1.165, 1.54) is 4.90 Å². The molecule has 0 aromatic heterocycles. The Morgan fingerprint density at radius 1 is 1.41 bits per heavy atom. The number of hydrogen-bond acceptors (Lipinski definition) is 3. The lowest BCUT2D eigenvalue weighted by Gasteiger charge is -2.23. The molecule has 0 N–H and O–H groups in total. The van der Waals surface area contributed by atoms with Crippen LogP contribution in [0.5, 0.6) is 0 Å². The molecule has 4 nitrogen and oxygen atoms in total. The monoisotopic (exact) mass is 241 g/mol. The molecule has 0 aliphatic carbocycles. The van der Waals surface area contributed by atoms with E-state index in [4.69, 9.17) is 4.74 Å². The number of esters is 1. The van der Waals surface area contributed by atoms with Gasteiger partial charge in [-0.3, -0.25) is 9.59 Å². The third kappa shape index (κ3) is 6.09. The molecule has 0 saturated heterocycles. The number of carbonyl (C=O) groups is 2. The molecule has 17 heavy (non-hydrogen) atoms. The van der Waals surface area contributed by atoms with Crippen molar-refractivity contribution in [1.82, 2.24) is 4.90 Å². The molecular formula is C13H23NO3. The molecule has 0 aliphatic heterocycles. The van der Waals surface area contributed by atoms with Gasteiger partial charge in [0.15, 0.2) is 0 Å². The highest BCUT2D eigenvalue weighted by Gasteiger charge is 2.21. The molecule has 0 radical (unpaired) electrons. The van der Waals surface area contributed by atoms with E-state index in [1.54, 1.807) is 13.0 Å². The summed E-state index contributed by atoms with van der Waals surface area (Å²) in [6, 6.07) is 0.